The van der Waals surface area contributed by atoms with Crippen LogP contribution in [0, 0.1) is 5.41 Å². The highest BCUT2D eigenvalue weighted by molar-refractivity contribution is 5.37. The molecular formula is C14H25N3. The summed E-state index contributed by atoms with van der Waals surface area (Å²) in [5, 5.41) is 3.11. The van der Waals surface area contributed by atoms with Crippen molar-refractivity contribution in [1.29, 1.82) is 0 Å². The van der Waals surface area contributed by atoms with Gasteiger partial charge in [-0.1, -0.05) is 41.5 Å². The fourth-order valence-corrected chi connectivity index (χ4v) is 1.56. The number of hydrogen-bond acceptors (Lipinski definition) is 3. The van der Waals surface area contributed by atoms with E-state index in [-0.39, 0.29) is 10.8 Å². The topological polar surface area (TPSA) is 37.8 Å². The lowest BCUT2D eigenvalue weighted by atomic mass is 9.90. The van der Waals surface area contributed by atoms with Gasteiger partial charge in [-0.2, -0.15) is 0 Å². The molecule has 1 N–H and O–H groups in total. The summed E-state index contributed by atoms with van der Waals surface area (Å²) in [5.41, 5.74) is 1.36. The van der Waals surface area contributed by atoms with Gasteiger partial charge in [-0.05, 0) is 5.41 Å². The van der Waals surface area contributed by atoms with Gasteiger partial charge in [0.2, 0.25) is 0 Å². The monoisotopic (exact) mass is 235 g/mol. The van der Waals surface area contributed by atoms with Gasteiger partial charge in [-0.15, -0.1) is 0 Å². The van der Waals surface area contributed by atoms with Crippen LogP contribution in [0.5, 0.6) is 0 Å². The number of nitrogens with one attached hydrogen (secondary N) is 1. The lowest BCUT2D eigenvalue weighted by Gasteiger charge is -2.22. The van der Waals surface area contributed by atoms with Crippen molar-refractivity contribution in [2.24, 2.45) is 5.41 Å². The van der Waals surface area contributed by atoms with Crippen LogP contribution in [-0.4, -0.2) is 17.0 Å². The Morgan fingerprint density at radius 1 is 1.06 bits per heavy atom. The first kappa shape index (κ1) is 13.9. The van der Waals surface area contributed by atoms with Gasteiger partial charge in [-0.3, -0.25) is 0 Å². The minimum absolute atomic E-state index is 0.0567. The van der Waals surface area contributed by atoms with E-state index >= 15 is 0 Å². The van der Waals surface area contributed by atoms with Gasteiger partial charge < -0.3 is 5.32 Å². The molecule has 1 aromatic rings. The van der Waals surface area contributed by atoms with E-state index in [9.17, 15) is 0 Å². The van der Waals surface area contributed by atoms with Crippen LogP contribution in [0.25, 0.3) is 0 Å². The summed E-state index contributed by atoms with van der Waals surface area (Å²) in [4.78, 5) is 9.22. The third kappa shape index (κ3) is 4.33. The van der Waals surface area contributed by atoms with E-state index < -0.39 is 0 Å². The van der Waals surface area contributed by atoms with Crippen LogP contribution in [0.15, 0.2) is 6.07 Å². The molecule has 0 unspecified atom stereocenters. The first-order chi connectivity index (χ1) is 7.62. The van der Waals surface area contributed by atoms with E-state index in [1.807, 2.05) is 13.1 Å². The van der Waals surface area contributed by atoms with E-state index in [1.54, 1.807) is 0 Å². The summed E-state index contributed by atoms with van der Waals surface area (Å²) in [7, 11) is 1.90. The lowest BCUT2D eigenvalue weighted by Crippen LogP contribution is -2.19. The second-order valence-corrected chi connectivity index (χ2v) is 6.79. The Morgan fingerprint density at radius 3 is 2.06 bits per heavy atom. The molecule has 0 saturated carbocycles. The smallest absolute Gasteiger partial charge is 0.131 e. The fourth-order valence-electron chi connectivity index (χ4n) is 1.56. The summed E-state index contributed by atoms with van der Waals surface area (Å²) in [6, 6.07) is 2.03. The highest BCUT2D eigenvalue weighted by atomic mass is 15.0. The molecule has 3 heteroatoms. The van der Waals surface area contributed by atoms with E-state index in [0.717, 1.165) is 23.8 Å². The van der Waals surface area contributed by atoms with Crippen LogP contribution in [0.4, 0.5) is 5.82 Å². The molecule has 1 aromatic heterocycles. The lowest BCUT2D eigenvalue weighted by molar-refractivity contribution is 0.398. The molecule has 96 valence electrons. The molecular weight excluding hydrogens is 210 g/mol. The normalized spacial score (nSPS) is 12.6. The zero-order valence-electron chi connectivity index (χ0n) is 12.2. The van der Waals surface area contributed by atoms with E-state index in [0.29, 0.717) is 0 Å². The van der Waals surface area contributed by atoms with Crippen LogP contribution in [0.1, 0.15) is 53.1 Å². The van der Waals surface area contributed by atoms with Gasteiger partial charge in [0.05, 0.1) is 5.69 Å². The van der Waals surface area contributed by atoms with Crippen molar-refractivity contribution in [3.05, 3.63) is 17.6 Å². The van der Waals surface area contributed by atoms with E-state index in [2.05, 4.69) is 56.8 Å². The Hall–Kier alpha value is -1.12. The molecule has 0 aliphatic heterocycles. The summed E-state index contributed by atoms with van der Waals surface area (Å²) in [5.74, 6) is 1.83. The van der Waals surface area contributed by atoms with Crippen molar-refractivity contribution in [3.8, 4) is 0 Å². The SMILES string of the molecule is CNc1cc(C(C)(C)C)nc(CC(C)(C)C)n1. The predicted molar refractivity (Wildman–Crippen MR) is 73.4 cm³/mol. The van der Waals surface area contributed by atoms with Crippen LogP contribution in [0.2, 0.25) is 0 Å². The van der Waals surface area contributed by atoms with Gasteiger partial charge in [0.1, 0.15) is 11.6 Å². The Morgan fingerprint density at radius 2 is 1.65 bits per heavy atom. The van der Waals surface area contributed by atoms with Crippen LogP contribution < -0.4 is 5.32 Å². The third-order valence-corrected chi connectivity index (χ3v) is 2.49. The molecule has 0 amide bonds. The zero-order valence-corrected chi connectivity index (χ0v) is 12.2. The molecule has 0 atom stereocenters. The van der Waals surface area contributed by atoms with Gasteiger partial charge in [-0.25, -0.2) is 9.97 Å². The predicted octanol–water partition coefficient (Wildman–Crippen LogP) is 3.40. The van der Waals surface area contributed by atoms with Gasteiger partial charge in [0.25, 0.3) is 0 Å². The highest BCUT2D eigenvalue weighted by Crippen LogP contribution is 2.25. The van der Waals surface area contributed by atoms with Gasteiger partial charge >= 0.3 is 0 Å². The number of anilines is 1. The summed E-state index contributed by atoms with van der Waals surface area (Å²) >= 11 is 0. The minimum Gasteiger partial charge on any atom is -0.373 e. The molecule has 0 aromatic carbocycles. The van der Waals surface area contributed by atoms with Gasteiger partial charge in [0.15, 0.2) is 0 Å². The largest absolute Gasteiger partial charge is 0.373 e. The standard InChI is InChI=1S/C14H25N3/c1-13(2,3)9-12-16-10(14(4,5)6)8-11(15-7)17-12/h8H,9H2,1-7H3,(H,15,16,17). The third-order valence-electron chi connectivity index (χ3n) is 2.49. The second-order valence-electron chi connectivity index (χ2n) is 6.79. The zero-order chi connectivity index (χ0) is 13.3. The molecule has 0 bridgehead atoms. The quantitative estimate of drug-likeness (QED) is 0.853. The molecule has 3 nitrogen and oxygen atoms in total. The average molecular weight is 235 g/mol. The number of nitrogens with zero attached hydrogens (tertiary/aromatic N) is 2. The maximum absolute atomic E-state index is 4.69. The fraction of sp³-hybridized carbons (Fsp3) is 0.714. The number of rotatable bonds is 2. The second kappa shape index (κ2) is 4.63. The molecule has 1 rings (SSSR count). The Bertz CT molecular complexity index is 383. The van der Waals surface area contributed by atoms with Crippen molar-refractivity contribution in [2.75, 3.05) is 12.4 Å². The summed E-state index contributed by atoms with van der Waals surface area (Å²) in [6.07, 6.45) is 0.894. The maximum atomic E-state index is 4.69. The van der Waals surface area contributed by atoms with Crippen LogP contribution in [0.3, 0.4) is 0 Å². The van der Waals surface area contributed by atoms with Crippen molar-refractivity contribution in [1.82, 2.24) is 9.97 Å². The number of aromatic nitrogens is 2. The van der Waals surface area contributed by atoms with Crippen molar-refractivity contribution < 1.29 is 0 Å². The Balaban J connectivity index is 3.15. The summed E-state index contributed by atoms with van der Waals surface area (Å²) < 4.78 is 0. The first-order valence-corrected chi connectivity index (χ1v) is 6.18. The average Bonchev–Trinajstić information content (AvgIpc) is 2.13. The molecule has 0 spiro atoms. The molecule has 0 radical (unpaired) electrons. The summed E-state index contributed by atoms with van der Waals surface area (Å²) in [6.45, 7) is 13.2. The Kier molecular flexibility index (Phi) is 3.80. The van der Waals surface area contributed by atoms with E-state index in [4.69, 9.17) is 0 Å². The molecule has 0 aliphatic carbocycles. The van der Waals surface area contributed by atoms with Crippen molar-refractivity contribution >= 4 is 5.82 Å². The minimum atomic E-state index is 0.0567. The molecule has 17 heavy (non-hydrogen) atoms. The number of hydrogen-bond donors (Lipinski definition) is 1. The molecule has 0 aliphatic rings. The highest BCUT2D eigenvalue weighted by Gasteiger charge is 2.20. The first-order valence-electron chi connectivity index (χ1n) is 6.18. The van der Waals surface area contributed by atoms with Crippen LogP contribution in [-0.2, 0) is 11.8 Å². The van der Waals surface area contributed by atoms with E-state index in [1.165, 1.54) is 0 Å². The van der Waals surface area contributed by atoms with Crippen molar-refractivity contribution in [2.45, 2.75) is 53.4 Å². The molecule has 0 saturated heterocycles. The van der Waals surface area contributed by atoms with Crippen LogP contribution >= 0.6 is 0 Å². The van der Waals surface area contributed by atoms with Crippen molar-refractivity contribution in [3.63, 3.8) is 0 Å². The van der Waals surface area contributed by atoms with Gasteiger partial charge in [0, 0.05) is 24.9 Å². The molecule has 1 heterocycles. The maximum Gasteiger partial charge on any atom is 0.131 e. The molecule has 0 fully saturated rings. The Labute approximate surface area is 105 Å².